The fraction of sp³-hybridized carbons (Fsp3) is 0.619. The van der Waals surface area contributed by atoms with E-state index < -0.39 is 0 Å². The van der Waals surface area contributed by atoms with Crippen LogP contribution in [0.3, 0.4) is 0 Å². The van der Waals surface area contributed by atoms with Crippen LogP contribution in [0, 0.1) is 5.92 Å². The maximum atomic E-state index is 13.0. The lowest BCUT2D eigenvalue weighted by atomic mass is 9.95. The van der Waals surface area contributed by atoms with E-state index in [1.54, 1.807) is 0 Å². The number of carbonyl (C=O) groups excluding carboxylic acids is 2. The van der Waals surface area contributed by atoms with Gasteiger partial charge in [-0.15, -0.1) is 0 Å². The SMILES string of the molecule is CCC(=O)N1CCCC[C@@H]1C(=O)N1CCC(COc2ccccc2)CC1. The molecule has 0 radical (unpaired) electrons. The van der Waals surface area contributed by atoms with Gasteiger partial charge < -0.3 is 14.5 Å². The van der Waals surface area contributed by atoms with Crippen LogP contribution >= 0.6 is 0 Å². The Balaban J connectivity index is 1.49. The van der Waals surface area contributed by atoms with Crippen LogP contribution in [0.1, 0.15) is 45.4 Å². The van der Waals surface area contributed by atoms with Crippen molar-refractivity contribution < 1.29 is 14.3 Å². The third kappa shape index (κ3) is 4.57. The molecule has 0 bridgehead atoms. The lowest BCUT2D eigenvalue weighted by Crippen LogP contribution is -2.54. The van der Waals surface area contributed by atoms with E-state index >= 15 is 0 Å². The van der Waals surface area contributed by atoms with Gasteiger partial charge in [0.1, 0.15) is 11.8 Å². The van der Waals surface area contributed by atoms with Crippen LogP contribution in [0.2, 0.25) is 0 Å². The molecule has 1 aromatic rings. The molecule has 1 aromatic carbocycles. The topological polar surface area (TPSA) is 49.9 Å². The molecule has 3 rings (SSSR count). The van der Waals surface area contributed by atoms with Gasteiger partial charge in [-0.3, -0.25) is 9.59 Å². The molecule has 5 heteroatoms. The van der Waals surface area contributed by atoms with Crippen molar-refractivity contribution in [2.45, 2.75) is 51.5 Å². The van der Waals surface area contributed by atoms with E-state index in [2.05, 4.69) is 0 Å². The van der Waals surface area contributed by atoms with E-state index in [9.17, 15) is 9.59 Å². The summed E-state index contributed by atoms with van der Waals surface area (Å²) in [5, 5.41) is 0. The van der Waals surface area contributed by atoms with Crippen LogP contribution in [0.25, 0.3) is 0 Å². The first kappa shape index (κ1) is 18.7. The van der Waals surface area contributed by atoms with Gasteiger partial charge in [0.2, 0.25) is 11.8 Å². The number of ether oxygens (including phenoxy) is 1. The van der Waals surface area contributed by atoms with Crippen molar-refractivity contribution in [1.29, 1.82) is 0 Å². The molecule has 142 valence electrons. The van der Waals surface area contributed by atoms with Crippen LogP contribution in [0.15, 0.2) is 30.3 Å². The maximum Gasteiger partial charge on any atom is 0.245 e. The predicted molar refractivity (Wildman–Crippen MR) is 101 cm³/mol. The van der Waals surface area contributed by atoms with Gasteiger partial charge in [-0.05, 0) is 50.2 Å². The quantitative estimate of drug-likeness (QED) is 0.813. The summed E-state index contributed by atoms with van der Waals surface area (Å²) < 4.78 is 5.86. The van der Waals surface area contributed by atoms with Crippen LogP contribution < -0.4 is 4.74 Å². The molecule has 0 N–H and O–H groups in total. The van der Waals surface area contributed by atoms with Crippen molar-refractivity contribution in [3.63, 3.8) is 0 Å². The van der Waals surface area contributed by atoms with Gasteiger partial charge in [-0.2, -0.15) is 0 Å². The summed E-state index contributed by atoms with van der Waals surface area (Å²) in [5.74, 6) is 1.64. The lowest BCUT2D eigenvalue weighted by Gasteiger charge is -2.40. The average molecular weight is 358 g/mol. The first-order chi connectivity index (χ1) is 12.7. The number of rotatable bonds is 5. The van der Waals surface area contributed by atoms with Crippen LogP contribution in [-0.4, -0.2) is 53.9 Å². The van der Waals surface area contributed by atoms with Gasteiger partial charge in [-0.25, -0.2) is 0 Å². The highest BCUT2D eigenvalue weighted by Crippen LogP contribution is 2.24. The molecular formula is C21H30N2O3. The lowest BCUT2D eigenvalue weighted by molar-refractivity contribution is -0.148. The predicted octanol–water partition coefficient (Wildman–Crippen LogP) is 3.10. The second-order valence-electron chi connectivity index (χ2n) is 7.34. The zero-order chi connectivity index (χ0) is 18.4. The summed E-state index contributed by atoms with van der Waals surface area (Å²) in [4.78, 5) is 28.9. The Labute approximate surface area is 156 Å². The molecule has 0 aliphatic carbocycles. The van der Waals surface area contributed by atoms with Crippen molar-refractivity contribution in [2.24, 2.45) is 5.92 Å². The highest BCUT2D eigenvalue weighted by atomic mass is 16.5. The third-order valence-electron chi connectivity index (χ3n) is 5.57. The monoisotopic (exact) mass is 358 g/mol. The molecule has 1 atom stereocenters. The summed E-state index contributed by atoms with van der Waals surface area (Å²) in [7, 11) is 0. The van der Waals surface area contributed by atoms with Crippen LogP contribution in [-0.2, 0) is 9.59 Å². The molecule has 2 saturated heterocycles. The number of piperidine rings is 2. The van der Waals surface area contributed by atoms with E-state index in [-0.39, 0.29) is 17.9 Å². The molecular weight excluding hydrogens is 328 g/mol. The summed E-state index contributed by atoms with van der Waals surface area (Å²) >= 11 is 0. The summed E-state index contributed by atoms with van der Waals surface area (Å²) in [5.41, 5.74) is 0. The highest BCUT2D eigenvalue weighted by Gasteiger charge is 2.35. The van der Waals surface area contributed by atoms with E-state index in [1.165, 1.54) is 0 Å². The molecule has 2 amide bonds. The maximum absolute atomic E-state index is 13.0. The van der Waals surface area contributed by atoms with E-state index in [1.807, 2.05) is 47.1 Å². The molecule has 0 unspecified atom stereocenters. The van der Waals surface area contributed by atoms with Gasteiger partial charge >= 0.3 is 0 Å². The van der Waals surface area contributed by atoms with Crippen LogP contribution in [0.4, 0.5) is 0 Å². The second-order valence-corrected chi connectivity index (χ2v) is 7.34. The minimum Gasteiger partial charge on any atom is -0.493 e. The Kier molecular flexibility index (Phi) is 6.53. The van der Waals surface area contributed by atoms with Gasteiger partial charge in [0.15, 0.2) is 0 Å². The number of hydrogen-bond donors (Lipinski definition) is 0. The zero-order valence-electron chi connectivity index (χ0n) is 15.7. The molecule has 0 spiro atoms. The Morgan fingerprint density at radius 3 is 2.46 bits per heavy atom. The van der Waals surface area contributed by atoms with Crippen molar-refractivity contribution >= 4 is 11.8 Å². The largest absolute Gasteiger partial charge is 0.493 e. The smallest absolute Gasteiger partial charge is 0.245 e. The van der Waals surface area contributed by atoms with E-state index in [0.717, 1.165) is 57.5 Å². The standard InChI is InChI=1S/C21H30N2O3/c1-2-20(24)23-13-7-6-10-19(23)21(25)22-14-11-17(12-15-22)16-26-18-8-4-3-5-9-18/h3-5,8-9,17,19H,2,6-7,10-16H2,1H3/t19-/m1/s1. The Hall–Kier alpha value is -2.04. The van der Waals surface area contributed by atoms with Crippen molar-refractivity contribution in [2.75, 3.05) is 26.2 Å². The molecule has 0 saturated carbocycles. The number of likely N-dealkylation sites (tertiary alicyclic amines) is 2. The number of benzene rings is 1. The summed E-state index contributed by atoms with van der Waals surface area (Å²) in [6.45, 7) is 4.84. The normalized spacial score (nSPS) is 21.5. The molecule has 2 fully saturated rings. The minimum atomic E-state index is -0.242. The molecule has 2 aliphatic rings. The van der Waals surface area contributed by atoms with Crippen molar-refractivity contribution in [1.82, 2.24) is 9.80 Å². The Morgan fingerprint density at radius 1 is 1.04 bits per heavy atom. The van der Waals surface area contributed by atoms with Crippen molar-refractivity contribution in [3.05, 3.63) is 30.3 Å². The zero-order valence-corrected chi connectivity index (χ0v) is 15.7. The van der Waals surface area contributed by atoms with E-state index in [0.29, 0.717) is 18.9 Å². The first-order valence-electron chi connectivity index (χ1n) is 9.95. The average Bonchev–Trinajstić information content (AvgIpc) is 2.72. The fourth-order valence-electron chi connectivity index (χ4n) is 3.95. The number of para-hydroxylation sites is 1. The van der Waals surface area contributed by atoms with Crippen LogP contribution in [0.5, 0.6) is 5.75 Å². The molecule has 2 heterocycles. The Bertz CT molecular complexity index is 597. The summed E-state index contributed by atoms with van der Waals surface area (Å²) in [6, 6.07) is 9.64. The minimum absolute atomic E-state index is 0.106. The van der Waals surface area contributed by atoms with Crippen molar-refractivity contribution in [3.8, 4) is 5.75 Å². The Morgan fingerprint density at radius 2 is 1.77 bits per heavy atom. The molecule has 0 aromatic heterocycles. The van der Waals surface area contributed by atoms with Gasteiger partial charge in [-0.1, -0.05) is 25.1 Å². The molecule has 2 aliphatic heterocycles. The number of nitrogens with zero attached hydrogens (tertiary/aromatic N) is 2. The van der Waals surface area contributed by atoms with Gasteiger partial charge in [0.25, 0.3) is 0 Å². The van der Waals surface area contributed by atoms with E-state index in [4.69, 9.17) is 4.74 Å². The number of amides is 2. The summed E-state index contributed by atoms with van der Waals surface area (Å²) in [6.07, 6.45) is 5.25. The molecule has 26 heavy (non-hydrogen) atoms. The highest BCUT2D eigenvalue weighted by molar-refractivity contribution is 5.87. The second kappa shape index (κ2) is 9.06. The van der Waals surface area contributed by atoms with Gasteiger partial charge in [0, 0.05) is 26.1 Å². The fourth-order valence-corrected chi connectivity index (χ4v) is 3.95. The number of carbonyl (C=O) groups is 2. The molecule has 5 nitrogen and oxygen atoms in total. The first-order valence-corrected chi connectivity index (χ1v) is 9.95. The third-order valence-corrected chi connectivity index (χ3v) is 5.57. The van der Waals surface area contributed by atoms with Gasteiger partial charge in [0.05, 0.1) is 6.61 Å². The number of hydrogen-bond acceptors (Lipinski definition) is 3.